The Balaban J connectivity index is 1.70. The largest absolute Gasteiger partial charge is 0.390 e. The van der Waals surface area contributed by atoms with Gasteiger partial charge in [-0.05, 0) is 56.3 Å². The molecule has 2 heteroatoms. The van der Waals surface area contributed by atoms with Gasteiger partial charge in [-0.15, -0.1) is 11.6 Å². The SMILES string of the molecule is CC1([C@H]2CC[C@@]2(Cl)CC2(O)CC2)CC1. The van der Waals surface area contributed by atoms with Gasteiger partial charge < -0.3 is 5.11 Å². The third-order valence-electron chi connectivity index (χ3n) is 4.80. The van der Waals surface area contributed by atoms with Crippen LogP contribution in [0.15, 0.2) is 0 Å². The fourth-order valence-electron chi connectivity index (χ4n) is 3.20. The van der Waals surface area contributed by atoms with Crippen LogP contribution in [-0.4, -0.2) is 15.6 Å². The lowest BCUT2D eigenvalue weighted by Gasteiger charge is -2.49. The van der Waals surface area contributed by atoms with E-state index in [0.29, 0.717) is 11.3 Å². The van der Waals surface area contributed by atoms with Crippen LogP contribution >= 0.6 is 11.6 Å². The van der Waals surface area contributed by atoms with E-state index in [-0.39, 0.29) is 10.5 Å². The normalized spacial score (nSPS) is 46.9. The number of rotatable bonds is 3. The van der Waals surface area contributed by atoms with Gasteiger partial charge in [0.25, 0.3) is 0 Å². The summed E-state index contributed by atoms with van der Waals surface area (Å²) in [4.78, 5) is -0.0451. The van der Waals surface area contributed by atoms with E-state index in [2.05, 4.69) is 6.92 Å². The summed E-state index contributed by atoms with van der Waals surface area (Å²) in [6.07, 6.45) is 7.92. The molecule has 0 unspecified atom stereocenters. The Morgan fingerprint density at radius 1 is 1.21 bits per heavy atom. The van der Waals surface area contributed by atoms with Gasteiger partial charge in [-0.3, -0.25) is 0 Å². The van der Waals surface area contributed by atoms with Crippen molar-refractivity contribution >= 4 is 11.6 Å². The van der Waals surface area contributed by atoms with E-state index < -0.39 is 0 Å². The zero-order chi connectivity index (χ0) is 10.0. The zero-order valence-corrected chi connectivity index (χ0v) is 9.61. The van der Waals surface area contributed by atoms with Gasteiger partial charge in [-0.2, -0.15) is 0 Å². The van der Waals surface area contributed by atoms with Crippen LogP contribution in [0.3, 0.4) is 0 Å². The smallest absolute Gasteiger partial charge is 0.0666 e. The lowest BCUT2D eigenvalue weighted by molar-refractivity contribution is 0.0485. The van der Waals surface area contributed by atoms with E-state index >= 15 is 0 Å². The van der Waals surface area contributed by atoms with E-state index in [1.165, 1.54) is 19.3 Å². The Morgan fingerprint density at radius 3 is 2.21 bits per heavy atom. The standard InChI is InChI=1S/C12H19ClO/c1-10(4-5-10)9-2-3-12(9,13)8-11(14)6-7-11/h9,14H,2-8H2,1H3/t9-,12-/m1/s1. The summed E-state index contributed by atoms with van der Waals surface area (Å²) < 4.78 is 0. The topological polar surface area (TPSA) is 20.2 Å². The Labute approximate surface area is 90.8 Å². The third kappa shape index (κ3) is 1.32. The van der Waals surface area contributed by atoms with Crippen molar-refractivity contribution in [3.63, 3.8) is 0 Å². The van der Waals surface area contributed by atoms with E-state index in [0.717, 1.165) is 25.7 Å². The molecule has 0 saturated heterocycles. The lowest BCUT2D eigenvalue weighted by atomic mass is 9.63. The molecular formula is C12H19ClO. The van der Waals surface area contributed by atoms with Gasteiger partial charge in [0.05, 0.1) is 10.5 Å². The predicted molar refractivity (Wildman–Crippen MR) is 57.4 cm³/mol. The fourth-order valence-corrected chi connectivity index (χ4v) is 3.93. The molecule has 0 aliphatic heterocycles. The molecule has 0 spiro atoms. The molecule has 1 nitrogen and oxygen atoms in total. The molecule has 2 atom stereocenters. The molecule has 0 aromatic carbocycles. The Kier molecular flexibility index (Phi) is 1.69. The Morgan fingerprint density at radius 2 is 1.86 bits per heavy atom. The molecule has 3 aliphatic carbocycles. The summed E-state index contributed by atoms with van der Waals surface area (Å²) in [6, 6.07) is 0. The molecule has 3 aliphatic rings. The summed E-state index contributed by atoms with van der Waals surface area (Å²) in [5.74, 6) is 0.682. The van der Waals surface area contributed by atoms with Gasteiger partial charge in [0.1, 0.15) is 0 Å². The molecule has 0 bridgehead atoms. The van der Waals surface area contributed by atoms with Crippen molar-refractivity contribution in [2.45, 2.75) is 62.3 Å². The highest BCUT2D eigenvalue weighted by Gasteiger charge is 2.61. The predicted octanol–water partition coefficient (Wildman–Crippen LogP) is 3.09. The van der Waals surface area contributed by atoms with Crippen molar-refractivity contribution in [1.29, 1.82) is 0 Å². The molecule has 0 aromatic heterocycles. The van der Waals surface area contributed by atoms with Crippen molar-refractivity contribution in [3.05, 3.63) is 0 Å². The van der Waals surface area contributed by atoms with Crippen molar-refractivity contribution in [1.82, 2.24) is 0 Å². The molecule has 80 valence electrons. The minimum Gasteiger partial charge on any atom is -0.390 e. The van der Waals surface area contributed by atoms with Crippen molar-refractivity contribution < 1.29 is 5.11 Å². The van der Waals surface area contributed by atoms with Crippen molar-refractivity contribution in [3.8, 4) is 0 Å². The monoisotopic (exact) mass is 214 g/mol. The summed E-state index contributed by atoms with van der Waals surface area (Å²) >= 11 is 6.66. The van der Waals surface area contributed by atoms with Crippen LogP contribution < -0.4 is 0 Å². The van der Waals surface area contributed by atoms with Crippen LogP contribution in [0, 0.1) is 11.3 Å². The van der Waals surface area contributed by atoms with Crippen LogP contribution in [-0.2, 0) is 0 Å². The lowest BCUT2D eigenvalue weighted by Crippen LogP contribution is -2.48. The van der Waals surface area contributed by atoms with Gasteiger partial charge in [-0.25, -0.2) is 0 Å². The van der Waals surface area contributed by atoms with Crippen LogP contribution in [0.25, 0.3) is 0 Å². The first-order valence-electron chi connectivity index (χ1n) is 5.87. The van der Waals surface area contributed by atoms with Crippen LogP contribution in [0.4, 0.5) is 0 Å². The van der Waals surface area contributed by atoms with Gasteiger partial charge in [0.2, 0.25) is 0 Å². The first kappa shape index (κ1) is 9.47. The molecule has 0 radical (unpaired) electrons. The van der Waals surface area contributed by atoms with Gasteiger partial charge in [-0.1, -0.05) is 6.92 Å². The molecule has 3 saturated carbocycles. The summed E-state index contributed by atoms with van der Waals surface area (Å²) in [7, 11) is 0. The van der Waals surface area contributed by atoms with Gasteiger partial charge in [0, 0.05) is 0 Å². The third-order valence-corrected chi connectivity index (χ3v) is 5.39. The molecule has 1 N–H and O–H groups in total. The molecule has 0 aromatic rings. The summed E-state index contributed by atoms with van der Waals surface area (Å²) in [5, 5.41) is 9.95. The molecule has 0 amide bonds. The van der Waals surface area contributed by atoms with Crippen LogP contribution in [0.1, 0.15) is 51.9 Å². The van der Waals surface area contributed by atoms with Gasteiger partial charge >= 0.3 is 0 Å². The van der Waals surface area contributed by atoms with E-state index in [1.807, 2.05) is 0 Å². The highest BCUT2D eigenvalue weighted by molar-refractivity contribution is 6.24. The highest BCUT2D eigenvalue weighted by atomic mass is 35.5. The number of halogens is 1. The maximum Gasteiger partial charge on any atom is 0.0666 e. The Bertz CT molecular complexity index is 267. The maximum absolute atomic E-state index is 9.95. The molecular weight excluding hydrogens is 196 g/mol. The average molecular weight is 215 g/mol. The van der Waals surface area contributed by atoms with Gasteiger partial charge in [0.15, 0.2) is 0 Å². The molecule has 3 rings (SSSR count). The van der Waals surface area contributed by atoms with Crippen molar-refractivity contribution in [2.75, 3.05) is 0 Å². The summed E-state index contributed by atoms with van der Waals surface area (Å²) in [6.45, 7) is 2.37. The second kappa shape index (κ2) is 2.49. The Hall–Kier alpha value is 0.250. The van der Waals surface area contributed by atoms with Crippen molar-refractivity contribution in [2.24, 2.45) is 11.3 Å². The number of hydrogen-bond acceptors (Lipinski definition) is 1. The zero-order valence-electron chi connectivity index (χ0n) is 8.85. The van der Waals surface area contributed by atoms with E-state index in [4.69, 9.17) is 11.6 Å². The first-order chi connectivity index (χ1) is 6.46. The minimum absolute atomic E-state index is 0.0451. The second-order valence-electron chi connectivity index (χ2n) is 6.18. The highest BCUT2D eigenvalue weighted by Crippen LogP contribution is 2.66. The molecule has 0 heterocycles. The summed E-state index contributed by atoms with van der Waals surface area (Å²) in [5.41, 5.74) is 0.164. The minimum atomic E-state index is -0.369. The average Bonchev–Trinajstić information content (AvgIpc) is 2.93. The quantitative estimate of drug-likeness (QED) is 0.716. The van der Waals surface area contributed by atoms with E-state index in [1.54, 1.807) is 0 Å². The number of alkyl halides is 1. The van der Waals surface area contributed by atoms with E-state index in [9.17, 15) is 5.11 Å². The fraction of sp³-hybridized carbons (Fsp3) is 1.00. The maximum atomic E-state index is 9.95. The molecule has 3 fully saturated rings. The molecule has 14 heavy (non-hydrogen) atoms. The van der Waals surface area contributed by atoms with Crippen LogP contribution in [0.5, 0.6) is 0 Å². The number of aliphatic hydroxyl groups is 1. The second-order valence-corrected chi connectivity index (χ2v) is 6.93. The first-order valence-corrected chi connectivity index (χ1v) is 6.25. The number of hydrogen-bond donors (Lipinski definition) is 1. The van der Waals surface area contributed by atoms with Crippen LogP contribution in [0.2, 0.25) is 0 Å².